The molecule has 1 aromatic heterocycles. The van der Waals surface area contributed by atoms with Gasteiger partial charge in [-0.25, -0.2) is 18.2 Å². The first-order chi connectivity index (χ1) is 12.0. The Labute approximate surface area is 141 Å². The van der Waals surface area contributed by atoms with Crippen LogP contribution in [0.5, 0.6) is 0 Å². The van der Waals surface area contributed by atoms with Crippen molar-refractivity contribution in [3.05, 3.63) is 83.7 Å². The molecule has 128 valence electrons. The Bertz CT molecular complexity index is 846. The number of hydrogen-bond acceptors (Lipinski definition) is 3. The van der Waals surface area contributed by atoms with Crippen molar-refractivity contribution in [2.45, 2.75) is 12.6 Å². The van der Waals surface area contributed by atoms with Crippen LogP contribution in [0.4, 0.5) is 13.2 Å². The molecule has 1 heterocycles. The molecule has 5 nitrogen and oxygen atoms in total. The van der Waals surface area contributed by atoms with E-state index in [1.54, 1.807) is 24.3 Å². The second-order valence-electron chi connectivity index (χ2n) is 5.31. The molecule has 1 atom stereocenters. The van der Waals surface area contributed by atoms with Crippen molar-refractivity contribution in [2.24, 2.45) is 0 Å². The zero-order valence-electron chi connectivity index (χ0n) is 12.9. The van der Waals surface area contributed by atoms with Crippen LogP contribution in [-0.2, 0) is 6.54 Å². The summed E-state index contributed by atoms with van der Waals surface area (Å²) in [5.41, 5.74) is 0.463. The Morgan fingerprint density at radius 1 is 1.12 bits per heavy atom. The van der Waals surface area contributed by atoms with Gasteiger partial charge in [0, 0.05) is 5.56 Å². The largest absolute Gasteiger partial charge is 0.343 e. The van der Waals surface area contributed by atoms with Gasteiger partial charge in [-0.3, -0.25) is 9.48 Å². The number of benzene rings is 2. The molecule has 3 rings (SSSR count). The number of aromatic nitrogens is 3. The maximum absolute atomic E-state index is 13.3. The third kappa shape index (κ3) is 3.85. The van der Waals surface area contributed by atoms with Crippen LogP contribution < -0.4 is 5.32 Å². The molecule has 0 aliphatic carbocycles. The molecular formula is C17H13F3N4O. The summed E-state index contributed by atoms with van der Waals surface area (Å²) in [5, 5.41) is 6.66. The summed E-state index contributed by atoms with van der Waals surface area (Å²) >= 11 is 0. The SMILES string of the molecule is O=C(N[C@H](Cn1cncn1)c1ccccc1)c1cc(F)c(F)c(F)c1. The third-order valence-corrected chi connectivity index (χ3v) is 3.59. The van der Waals surface area contributed by atoms with Gasteiger partial charge in [0.25, 0.3) is 5.91 Å². The van der Waals surface area contributed by atoms with E-state index in [0.717, 1.165) is 5.56 Å². The summed E-state index contributed by atoms with van der Waals surface area (Å²) in [5.74, 6) is -5.18. The second kappa shape index (κ2) is 7.16. The maximum Gasteiger partial charge on any atom is 0.252 e. The molecule has 0 spiro atoms. The first kappa shape index (κ1) is 16.7. The summed E-state index contributed by atoms with van der Waals surface area (Å²) < 4.78 is 41.3. The van der Waals surface area contributed by atoms with Crippen molar-refractivity contribution in [3.63, 3.8) is 0 Å². The Kier molecular flexibility index (Phi) is 4.78. The number of halogens is 3. The first-order valence-electron chi connectivity index (χ1n) is 7.37. The normalized spacial score (nSPS) is 12.0. The van der Waals surface area contributed by atoms with Crippen LogP contribution in [0.2, 0.25) is 0 Å². The van der Waals surface area contributed by atoms with E-state index < -0.39 is 29.4 Å². The van der Waals surface area contributed by atoms with E-state index in [0.29, 0.717) is 12.1 Å². The molecular weight excluding hydrogens is 333 g/mol. The van der Waals surface area contributed by atoms with E-state index in [-0.39, 0.29) is 12.1 Å². The average molecular weight is 346 g/mol. The lowest BCUT2D eigenvalue weighted by atomic mass is 10.1. The molecule has 1 N–H and O–H groups in total. The minimum absolute atomic E-state index is 0.266. The molecule has 8 heteroatoms. The third-order valence-electron chi connectivity index (χ3n) is 3.59. The van der Waals surface area contributed by atoms with Crippen LogP contribution in [0.1, 0.15) is 22.0 Å². The molecule has 0 bridgehead atoms. The van der Waals surface area contributed by atoms with Gasteiger partial charge in [-0.05, 0) is 17.7 Å². The van der Waals surface area contributed by atoms with Crippen LogP contribution in [0, 0.1) is 17.5 Å². The van der Waals surface area contributed by atoms with Gasteiger partial charge in [-0.1, -0.05) is 30.3 Å². The number of nitrogens with zero attached hydrogens (tertiary/aromatic N) is 3. The smallest absolute Gasteiger partial charge is 0.252 e. The van der Waals surface area contributed by atoms with Gasteiger partial charge in [0.05, 0.1) is 12.6 Å². The van der Waals surface area contributed by atoms with Gasteiger partial charge in [0.15, 0.2) is 17.5 Å². The van der Waals surface area contributed by atoms with Crippen molar-refractivity contribution < 1.29 is 18.0 Å². The van der Waals surface area contributed by atoms with Crippen LogP contribution in [0.25, 0.3) is 0 Å². The Morgan fingerprint density at radius 2 is 1.80 bits per heavy atom. The molecule has 2 aromatic carbocycles. The number of carbonyl (C=O) groups excluding carboxylic acids is 1. The molecule has 0 aliphatic rings. The molecule has 0 saturated carbocycles. The van der Waals surface area contributed by atoms with Crippen LogP contribution in [0.15, 0.2) is 55.1 Å². The minimum Gasteiger partial charge on any atom is -0.343 e. The molecule has 0 fully saturated rings. The molecule has 0 saturated heterocycles. The number of nitrogens with one attached hydrogen (secondary N) is 1. The van der Waals surface area contributed by atoms with E-state index in [2.05, 4.69) is 15.4 Å². The lowest BCUT2D eigenvalue weighted by Gasteiger charge is -2.19. The fourth-order valence-corrected chi connectivity index (χ4v) is 2.36. The van der Waals surface area contributed by atoms with Crippen LogP contribution in [-0.4, -0.2) is 20.7 Å². The predicted molar refractivity (Wildman–Crippen MR) is 83.0 cm³/mol. The van der Waals surface area contributed by atoms with Crippen LogP contribution in [0.3, 0.4) is 0 Å². The van der Waals surface area contributed by atoms with Gasteiger partial charge in [-0.2, -0.15) is 5.10 Å². The summed E-state index contributed by atoms with van der Waals surface area (Å²) in [6, 6.07) is 9.81. The van der Waals surface area contributed by atoms with Gasteiger partial charge in [0.2, 0.25) is 0 Å². The highest BCUT2D eigenvalue weighted by molar-refractivity contribution is 5.94. The molecule has 1 amide bonds. The minimum atomic E-state index is -1.61. The molecule has 3 aromatic rings. The highest BCUT2D eigenvalue weighted by Gasteiger charge is 2.19. The lowest BCUT2D eigenvalue weighted by molar-refractivity contribution is 0.0930. The maximum atomic E-state index is 13.3. The van der Waals surface area contributed by atoms with E-state index in [1.165, 1.54) is 17.3 Å². The summed E-state index contributed by atoms with van der Waals surface area (Å²) in [6.07, 6.45) is 2.84. The van der Waals surface area contributed by atoms with Gasteiger partial charge in [0.1, 0.15) is 12.7 Å². The number of carbonyl (C=O) groups is 1. The van der Waals surface area contributed by atoms with E-state index in [4.69, 9.17) is 0 Å². The average Bonchev–Trinajstić information content (AvgIpc) is 3.12. The van der Waals surface area contributed by atoms with Crippen molar-refractivity contribution >= 4 is 5.91 Å². The standard InChI is InChI=1S/C17H13F3N4O/c18-13-6-12(7-14(19)16(13)20)17(25)23-15(8-24-10-21-9-22-24)11-4-2-1-3-5-11/h1-7,9-10,15H,8H2,(H,23,25)/t15-/m1/s1. The topological polar surface area (TPSA) is 59.8 Å². The molecule has 0 aliphatic heterocycles. The highest BCUT2D eigenvalue weighted by Crippen LogP contribution is 2.18. The number of hydrogen-bond donors (Lipinski definition) is 1. The van der Waals surface area contributed by atoms with Crippen molar-refractivity contribution in [1.82, 2.24) is 20.1 Å². The quantitative estimate of drug-likeness (QED) is 0.723. The highest BCUT2D eigenvalue weighted by atomic mass is 19.2. The molecule has 0 radical (unpaired) electrons. The van der Waals surface area contributed by atoms with Gasteiger partial charge >= 0.3 is 0 Å². The summed E-state index contributed by atoms with van der Waals surface area (Å²) in [4.78, 5) is 16.2. The van der Waals surface area contributed by atoms with Crippen LogP contribution >= 0.6 is 0 Å². The van der Waals surface area contributed by atoms with Gasteiger partial charge in [-0.15, -0.1) is 0 Å². The fourth-order valence-electron chi connectivity index (χ4n) is 2.36. The van der Waals surface area contributed by atoms with Crippen molar-refractivity contribution in [2.75, 3.05) is 0 Å². The van der Waals surface area contributed by atoms with Crippen molar-refractivity contribution in [1.29, 1.82) is 0 Å². The Balaban J connectivity index is 1.86. The summed E-state index contributed by atoms with van der Waals surface area (Å²) in [7, 11) is 0. The zero-order chi connectivity index (χ0) is 17.8. The zero-order valence-corrected chi connectivity index (χ0v) is 12.9. The Morgan fingerprint density at radius 3 is 2.40 bits per heavy atom. The van der Waals surface area contributed by atoms with Crippen molar-refractivity contribution in [3.8, 4) is 0 Å². The molecule has 25 heavy (non-hydrogen) atoms. The fraction of sp³-hybridized carbons (Fsp3) is 0.118. The number of amides is 1. The van der Waals surface area contributed by atoms with Gasteiger partial charge < -0.3 is 5.32 Å². The van der Waals surface area contributed by atoms with E-state index in [1.807, 2.05) is 6.07 Å². The number of rotatable bonds is 5. The Hall–Kier alpha value is -3.16. The molecule has 0 unspecified atom stereocenters. The second-order valence-corrected chi connectivity index (χ2v) is 5.31. The monoisotopic (exact) mass is 346 g/mol. The summed E-state index contributed by atoms with van der Waals surface area (Å²) in [6.45, 7) is 0.266. The lowest BCUT2D eigenvalue weighted by Crippen LogP contribution is -2.31. The van der Waals surface area contributed by atoms with E-state index >= 15 is 0 Å². The van der Waals surface area contributed by atoms with E-state index in [9.17, 15) is 18.0 Å². The first-order valence-corrected chi connectivity index (χ1v) is 7.37. The predicted octanol–water partition coefficient (Wildman–Crippen LogP) is 2.87.